The van der Waals surface area contributed by atoms with E-state index < -0.39 is 29.9 Å². The molecule has 0 saturated carbocycles. The highest BCUT2D eigenvalue weighted by molar-refractivity contribution is 8.00. The van der Waals surface area contributed by atoms with E-state index in [1.165, 1.54) is 11.8 Å². The van der Waals surface area contributed by atoms with Crippen molar-refractivity contribution in [2.45, 2.75) is 48.0 Å². The van der Waals surface area contributed by atoms with Crippen LogP contribution in [-0.2, 0) is 32.2 Å². The third-order valence-electron chi connectivity index (χ3n) is 6.56. The summed E-state index contributed by atoms with van der Waals surface area (Å²) in [5.41, 5.74) is 1.59. The molecule has 5 atom stereocenters. The Bertz CT molecular complexity index is 1250. The Kier molecular flexibility index (Phi) is 8.89. The quantitative estimate of drug-likeness (QED) is 0.286. The summed E-state index contributed by atoms with van der Waals surface area (Å²) in [6.45, 7) is 1.17. The molecule has 0 aliphatic carbocycles. The van der Waals surface area contributed by atoms with Crippen LogP contribution in [0.25, 0.3) is 10.8 Å². The molecule has 0 unspecified atom stereocenters. The molecule has 6 heteroatoms. The summed E-state index contributed by atoms with van der Waals surface area (Å²) in [6, 6.07) is 34.4. The van der Waals surface area contributed by atoms with E-state index in [1.807, 2.05) is 78.9 Å². The van der Waals surface area contributed by atoms with Crippen LogP contribution in [0.15, 0.2) is 108 Å². The molecule has 0 radical (unpaired) electrons. The maximum atomic E-state index is 11.4. The SMILES string of the molecule is CO[C@@H]1[C@@H](O)[C@H](Sc2cccc3ccccc23)O[C@H](COCc2ccccc2)[C@H]1OCc1ccccc1. The van der Waals surface area contributed by atoms with E-state index in [9.17, 15) is 5.11 Å². The van der Waals surface area contributed by atoms with Crippen molar-refractivity contribution < 1.29 is 24.1 Å². The van der Waals surface area contributed by atoms with Gasteiger partial charge in [0.25, 0.3) is 0 Å². The van der Waals surface area contributed by atoms with Gasteiger partial charge in [-0.2, -0.15) is 0 Å². The van der Waals surface area contributed by atoms with Gasteiger partial charge in [0.2, 0.25) is 0 Å². The van der Waals surface area contributed by atoms with Crippen molar-refractivity contribution in [3.05, 3.63) is 114 Å². The number of benzene rings is 4. The average molecular weight is 517 g/mol. The van der Waals surface area contributed by atoms with E-state index in [4.69, 9.17) is 18.9 Å². The Hall–Kier alpha value is -2.71. The van der Waals surface area contributed by atoms with Gasteiger partial charge in [-0.3, -0.25) is 0 Å². The highest BCUT2D eigenvalue weighted by Crippen LogP contribution is 2.38. The van der Waals surface area contributed by atoms with Gasteiger partial charge >= 0.3 is 0 Å². The Morgan fingerprint density at radius 1 is 0.757 bits per heavy atom. The topological polar surface area (TPSA) is 57.2 Å². The van der Waals surface area contributed by atoms with Crippen molar-refractivity contribution in [2.24, 2.45) is 0 Å². The monoisotopic (exact) mass is 516 g/mol. The predicted octanol–water partition coefficient (Wildman–Crippen LogP) is 5.83. The lowest BCUT2D eigenvalue weighted by Gasteiger charge is -2.43. The summed E-state index contributed by atoms with van der Waals surface area (Å²) in [5, 5.41) is 13.6. The Morgan fingerprint density at radius 2 is 1.41 bits per heavy atom. The molecular formula is C31H32O5S. The number of methoxy groups -OCH3 is 1. The number of aliphatic hydroxyl groups is 1. The van der Waals surface area contributed by atoms with Crippen molar-refractivity contribution in [3.8, 4) is 0 Å². The van der Waals surface area contributed by atoms with Crippen molar-refractivity contribution >= 4 is 22.5 Å². The Balaban J connectivity index is 1.35. The van der Waals surface area contributed by atoms with Crippen molar-refractivity contribution in [1.82, 2.24) is 0 Å². The smallest absolute Gasteiger partial charge is 0.136 e. The van der Waals surface area contributed by atoms with Crippen LogP contribution in [0.5, 0.6) is 0 Å². The van der Waals surface area contributed by atoms with Gasteiger partial charge in [0.1, 0.15) is 29.9 Å². The van der Waals surface area contributed by atoms with Crippen LogP contribution in [0.4, 0.5) is 0 Å². The van der Waals surface area contributed by atoms with E-state index in [2.05, 4.69) is 24.3 Å². The van der Waals surface area contributed by atoms with Crippen molar-refractivity contribution in [2.75, 3.05) is 13.7 Å². The minimum atomic E-state index is -0.889. The molecule has 1 aliphatic rings. The van der Waals surface area contributed by atoms with Gasteiger partial charge in [0, 0.05) is 12.0 Å². The van der Waals surface area contributed by atoms with Crippen LogP contribution >= 0.6 is 11.8 Å². The summed E-state index contributed by atoms with van der Waals surface area (Å²) in [6.07, 6.45) is -2.39. The number of thioether (sulfide) groups is 1. The second-order valence-corrected chi connectivity index (χ2v) is 10.2. The molecule has 5 nitrogen and oxygen atoms in total. The van der Waals surface area contributed by atoms with Crippen LogP contribution < -0.4 is 0 Å². The molecule has 1 aliphatic heterocycles. The van der Waals surface area contributed by atoms with Gasteiger partial charge in [0.15, 0.2) is 0 Å². The zero-order valence-corrected chi connectivity index (χ0v) is 21.6. The summed E-state index contributed by atoms with van der Waals surface area (Å²) >= 11 is 1.51. The average Bonchev–Trinajstić information content (AvgIpc) is 2.95. The molecule has 0 spiro atoms. The lowest BCUT2D eigenvalue weighted by Crippen LogP contribution is -2.59. The lowest BCUT2D eigenvalue weighted by molar-refractivity contribution is -0.234. The summed E-state index contributed by atoms with van der Waals surface area (Å²) < 4.78 is 24.8. The van der Waals surface area contributed by atoms with Crippen LogP contribution in [0.2, 0.25) is 0 Å². The fourth-order valence-corrected chi connectivity index (χ4v) is 5.87. The molecule has 4 aromatic rings. The first-order chi connectivity index (χ1) is 18.2. The summed E-state index contributed by atoms with van der Waals surface area (Å²) in [7, 11) is 1.61. The van der Waals surface area contributed by atoms with Crippen LogP contribution in [-0.4, -0.2) is 48.7 Å². The third-order valence-corrected chi connectivity index (χ3v) is 7.79. The van der Waals surface area contributed by atoms with Gasteiger partial charge < -0.3 is 24.1 Å². The van der Waals surface area contributed by atoms with E-state index in [0.29, 0.717) is 19.8 Å². The second-order valence-electron chi connectivity index (χ2n) is 9.09. The van der Waals surface area contributed by atoms with Crippen molar-refractivity contribution in [3.63, 3.8) is 0 Å². The molecule has 192 valence electrons. The number of ether oxygens (including phenoxy) is 4. The number of hydrogen-bond acceptors (Lipinski definition) is 6. The fourth-order valence-electron chi connectivity index (χ4n) is 4.66. The molecule has 0 amide bonds. The Morgan fingerprint density at radius 3 is 2.14 bits per heavy atom. The first kappa shape index (κ1) is 25.9. The van der Waals surface area contributed by atoms with Gasteiger partial charge in [-0.05, 0) is 28.0 Å². The van der Waals surface area contributed by atoms with Gasteiger partial charge in [-0.1, -0.05) is 109 Å². The minimum absolute atomic E-state index is 0.313. The zero-order valence-electron chi connectivity index (χ0n) is 20.8. The molecule has 5 rings (SSSR count). The summed E-state index contributed by atoms with van der Waals surface area (Å²) in [5.74, 6) is 0. The van der Waals surface area contributed by atoms with E-state index >= 15 is 0 Å². The number of aliphatic hydroxyl groups excluding tert-OH is 1. The number of fused-ring (bicyclic) bond motifs is 1. The van der Waals surface area contributed by atoms with Crippen LogP contribution in [0.3, 0.4) is 0 Å². The van der Waals surface area contributed by atoms with Crippen LogP contribution in [0.1, 0.15) is 11.1 Å². The zero-order chi connectivity index (χ0) is 25.5. The maximum absolute atomic E-state index is 11.4. The molecule has 0 aromatic heterocycles. The molecule has 1 saturated heterocycles. The number of hydrogen-bond donors (Lipinski definition) is 1. The number of rotatable bonds is 10. The maximum Gasteiger partial charge on any atom is 0.136 e. The minimum Gasteiger partial charge on any atom is -0.387 e. The molecule has 37 heavy (non-hydrogen) atoms. The van der Waals surface area contributed by atoms with Crippen molar-refractivity contribution in [1.29, 1.82) is 0 Å². The van der Waals surface area contributed by atoms with Gasteiger partial charge in [-0.15, -0.1) is 0 Å². The largest absolute Gasteiger partial charge is 0.387 e. The van der Waals surface area contributed by atoms with Gasteiger partial charge in [0.05, 0.1) is 19.8 Å². The third kappa shape index (κ3) is 6.41. The van der Waals surface area contributed by atoms with E-state index in [1.54, 1.807) is 7.11 Å². The molecular weight excluding hydrogens is 484 g/mol. The predicted molar refractivity (Wildman–Crippen MR) is 146 cm³/mol. The van der Waals surface area contributed by atoms with Crippen LogP contribution in [0, 0.1) is 0 Å². The van der Waals surface area contributed by atoms with E-state index in [0.717, 1.165) is 26.8 Å². The Labute approximate surface area is 222 Å². The lowest BCUT2D eigenvalue weighted by atomic mass is 9.99. The van der Waals surface area contributed by atoms with Gasteiger partial charge in [-0.25, -0.2) is 0 Å². The highest BCUT2D eigenvalue weighted by Gasteiger charge is 2.47. The molecule has 4 aromatic carbocycles. The first-order valence-corrected chi connectivity index (χ1v) is 13.4. The first-order valence-electron chi connectivity index (χ1n) is 12.5. The summed E-state index contributed by atoms with van der Waals surface area (Å²) in [4.78, 5) is 1.05. The molecule has 1 N–H and O–H groups in total. The second kappa shape index (κ2) is 12.7. The normalized spacial score (nSPS) is 23.8. The standard InChI is InChI=1S/C31H32O5S/c1-33-30-28(32)31(37-27-18-10-16-24-15-8-9-17-25(24)27)36-26(21-34-19-22-11-4-2-5-12-22)29(30)35-20-23-13-6-3-7-14-23/h2-18,26,28-32H,19-21H2,1H3/t26-,28-,29-,30-,31+/m1/s1. The molecule has 1 fully saturated rings. The molecule has 1 heterocycles. The van der Waals surface area contributed by atoms with E-state index in [-0.39, 0.29) is 0 Å². The highest BCUT2D eigenvalue weighted by atomic mass is 32.2. The molecule has 0 bridgehead atoms. The fraction of sp³-hybridized carbons (Fsp3) is 0.290.